The Morgan fingerprint density at radius 3 is 2.61 bits per heavy atom. The summed E-state index contributed by atoms with van der Waals surface area (Å²) in [5.74, 6) is 1.09. The summed E-state index contributed by atoms with van der Waals surface area (Å²) in [6.07, 6.45) is 5.38. The van der Waals surface area contributed by atoms with E-state index in [4.69, 9.17) is 4.74 Å². The highest BCUT2D eigenvalue weighted by Crippen LogP contribution is 2.24. The van der Waals surface area contributed by atoms with Gasteiger partial charge < -0.3 is 4.74 Å². The predicted octanol–water partition coefficient (Wildman–Crippen LogP) is 6.29. The molecule has 2 aromatic carbocycles. The Hall–Kier alpha value is -2.55. The van der Waals surface area contributed by atoms with Gasteiger partial charge in [0, 0.05) is 11.6 Å². The molecule has 1 N–H and O–H groups in total. The molecule has 1 unspecified atom stereocenters. The molecule has 1 atom stereocenters. The minimum atomic E-state index is 0.190. The van der Waals surface area contributed by atoms with Gasteiger partial charge in [-0.15, -0.1) is 0 Å². The van der Waals surface area contributed by atoms with E-state index in [2.05, 4.69) is 56.1 Å². The van der Waals surface area contributed by atoms with Crippen molar-refractivity contribution in [2.45, 2.75) is 59.8 Å². The van der Waals surface area contributed by atoms with Crippen LogP contribution in [-0.2, 0) is 6.42 Å². The molecule has 0 aromatic heterocycles. The molecule has 0 aliphatic heterocycles. The smallest absolute Gasteiger partial charge is 0.122 e. The minimum Gasteiger partial charge on any atom is -0.494 e. The number of hydrogen-bond acceptors (Lipinski definition) is 3. The lowest BCUT2D eigenvalue weighted by Crippen LogP contribution is -2.12. The molecule has 3 heteroatoms. The van der Waals surface area contributed by atoms with Crippen LogP contribution >= 0.6 is 0 Å². The first-order valence-corrected chi connectivity index (χ1v) is 10.3. The van der Waals surface area contributed by atoms with Crippen molar-refractivity contribution < 1.29 is 4.74 Å². The molecule has 0 saturated heterocycles. The summed E-state index contributed by atoms with van der Waals surface area (Å²) in [6.45, 7) is 15.5. The number of ether oxygens (including phenoxy) is 1. The van der Waals surface area contributed by atoms with Gasteiger partial charge in [0.2, 0.25) is 0 Å². The van der Waals surface area contributed by atoms with Crippen LogP contribution < -0.4 is 10.2 Å². The molecule has 0 bridgehead atoms. The van der Waals surface area contributed by atoms with Gasteiger partial charge in [-0.1, -0.05) is 57.2 Å². The SMILES string of the molecule is C=C(N/N=C/c1ccc(C)c(OCC)c1)C(C)c1ccc(C)c(CCCC)c1. The summed E-state index contributed by atoms with van der Waals surface area (Å²) in [5, 5.41) is 4.38. The summed E-state index contributed by atoms with van der Waals surface area (Å²) in [4.78, 5) is 0. The number of nitrogens with one attached hydrogen (secondary N) is 1. The van der Waals surface area contributed by atoms with Crippen molar-refractivity contribution in [3.05, 3.63) is 76.5 Å². The second kappa shape index (κ2) is 10.7. The third-order valence-electron chi connectivity index (χ3n) is 5.13. The van der Waals surface area contributed by atoms with Crippen LogP contribution in [0.15, 0.2) is 53.8 Å². The first-order valence-electron chi connectivity index (χ1n) is 10.3. The minimum absolute atomic E-state index is 0.190. The zero-order valence-corrected chi connectivity index (χ0v) is 18.0. The largest absolute Gasteiger partial charge is 0.494 e. The Kier molecular flexibility index (Phi) is 8.31. The standard InChI is InChI=1S/C25H34N2O/c1-7-9-10-23-16-24(14-12-18(23)3)20(5)21(6)27-26-17-22-13-11-19(4)25(15-22)28-8-2/h11-17,20,27H,6-10H2,1-5H3/b26-17+. The third kappa shape index (κ3) is 5.98. The van der Waals surface area contributed by atoms with Crippen LogP contribution in [0.3, 0.4) is 0 Å². The highest BCUT2D eigenvalue weighted by molar-refractivity contribution is 5.80. The molecule has 0 spiro atoms. The van der Waals surface area contributed by atoms with Gasteiger partial charge in [-0.05, 0) is 67.5 Å². The van der Waals surface area contributed by atoms with Crippen LogP contribution in [0, 0.1) is 13.8 Å². The molecule has 150 valence electrons. The van der Waals surface area contributed by atoms with Crippen molar-refractivity contribution in [1.82, 2.24) is 5.43 Å². The number of rotatable bonds is 10. The van der Waals surface area contributed by atoms with E-state index in [9.17, 15) is 0 Å². The van der Waals surface area contributed by atoms with Gasteiger partial charge in [0.25, 0.3) is 0 Å². The van der Waals surface area contributed by atoms with Crippen LogP contribution in [0.4, 0.5) is 0 Å². The van der Waals surface area contributed by atoms with Crippen molar-refractivity contribution in [2.75, 3.05) is 6.61 Å². The molecule has 2 rings (SSSR count). The molecule has 3 nitrogen and oxygen atoms in total. The first-order chi connectivity index (χ1) is 13.5. The van der Waals surface area contributed by atoms with Crippen LogP contribution in [-0.4, -0.2) is 12.8 Å². The number of hydrazone groups is 1. The summed E-state index contributed by atoms with van der Waals surface area (Å²) >= 11 is 0. The molecule has 0 fully saturated rings. The number of aryl methyl sites for hydroxylation is 3. The Labute approximate surface area is 170 Å². The van der Waals surface area contributed by atoms with E-state index in [0.717, 1.165) is 29.0 Å². The van der Waals surface area contributed by atoms with Gasteiger partial charge in [-0.3, -0.25) is 5.43 Å². The maximum Gasteiger partial charge on any atom is 0.122 e. The van der Waals surface area contributed by atoms with Gasteiger partial charge in [0.05, 0.1) is 12.8 Å². The van der Waals surface area contributed by atoms with Crippen LogP contribution in [0.25, 0.3) is 0 Å². The molecular formula is C25H34N2O. The van der Waals surface area contributed by atoms with Gasteiger partial charge in [0.1, 0.15) is 5.75 Å². The summed E-state index contributed by atoms with van der Waals surface area (Å²) < 4.78 is 5.65. The summed E-state index contributed by atoms with van der Waals surface area (Å²) in [7, 11) is 0. The fourth-order valence-corrected chi connectivity index (χ4v) is 3.09. The zero-order chi connectivity index (χ0) is 20.5. The molecule has 0 aliphatic carbocycles. The maximum atomic E-state index is 5.65. The Balaban J connectivity index is 2.02. The fraction of sp³-hybridized carbons (Fsp3) is 0.400. The summed E-state index contributed by atoms with van der Waals surface area (Å²) in [6, 6.07) is 12.8. The van der Waals surface area contributed by atoms with Crippen molar-refractivity contribution in [3.8, 4) is 5.75 Å². The average molecular weight is 379 g/mol. The second-order valence-electron chi connectivity index (χ2n) is 7.36. The first kappa shape index (κ1) is 21.7. The highest BCUT2D eigenvalue weighted by atomic mass is 16.5. The van der Waals surface area contributed by atoms with E-state index in [1.54, 1.807) is 0 Å². The van der Waals surface area contributed by atoms with Crippen molar-refractivity contribution in [1.29, 1.82) is 0 Å². The molecular weight excluding hydrogens is 344 g/mol. The average Bonchev–Trinajstić information content (AvgIpc) is 2.69. The Bertz CT molecular complexity index is 823. The molecule has 2 aromatic rings. The molecule has 0 heterocycles. The quantitative estimate of drug-likeness (QED) is 0.389. The number of allylic oxidation sites excluding steroid dienone is 1. The Morgan fingerprint density at radius 2 is 1.89 bits per heavy atom. The number of benzene rings is 2. The molecule has 0 aliphatic rings. The van der Waals surface area contributed by atoms with E-state index in [1.165, 1.54) is 29.5 Å². The molecule has 28 heavy (non-hydrogen) atoms. The van der Waals surface area contributed by atoms with E-state index >= 15 is 0 Å². The normalized spacial score (nSPS) is 12.2. The predicted molar refractivity (Wildman–Crippen MR) is 120 cm³/mol. The van der Waals surface area contributed by atoms with Gasteiger partial charge in [-0.2, -0.15) is 5.10 Å². The van der Waals surface area contributed by atoms with Crippen molar-refractivity contribution >= 4 is 6.21 Å². The van der Waals surface area contributed by atoms with Crippen molar-refractivity contribution in [2.24, 2.45) is 5.10 Å². The molecule has 0 radical (unpaired) electrons. The molecule has 0 saturated carbocycles. The molecule has 0 amide bonds. The van der Waals surface area contributed by atoms with E-state index in [-0.39, 0.29) is 5.92 Å². The lowest BCUT2D eigenvalue weighted by atomic mass is 9.93. The van der Waals surface area contributed by atoms with Gasteiger partial charge >= 0.3 is 0 Å². The number of unbranched alkanes of at least 4 members (excludes halogenated alkanes) is 1. The fourth-order valence-electron chi connectivity index (χ4n) is 3.09. The van der Waals surface area contributed by atoms with Crippen LogP contribution in [0.1, 0.15) is 67.3 Å². The number of nitrogens with zero attached hydrogens (tertiary/aromatic N) is 1. The Morgan fingerprint density at radius 1 is 1.14 bits per heavy atom. The van der Waals surface area contributed by atoms with Gasteiger partial charge in [0.15, 0.2) is 0 Å². The van der Waals surface area contributed by atoms with Crippen LogP contribution in [0.2, 0.25) is 0 Å². The van der Waals surface area contributed by atoms with E-state index < -0.39 is 0 Å². The third-order valence-corrected chi connectivity index (χ3v) is 5.13. The lowest BCUT2D eigenvalue weighted by molar-refractivity contribution is 0.338. The maximum absolute atomic E-state index is 5.65. The highest BCUT2D eigenvalue weighted by Gasteiger charge is 2.11. The monoisotopic (exact) mass is 378 g/mol. The lowest BCUT2D eigenvalue weighted by Gasteiger charge is -2.17. The zero-order valence-electron chi connectivity index (χ0n) is 18.0. The van der Waals surface area contributed by atoms with Crippen molar-refractivity contribution in [3.63, 3.8) is 0 Å². The van der Waals surface area contributed by atoms with Crippen LogP contribution in [0.5, 0.6) is 5.75 Å². The second-order valence-corrected chi connectivity index (χ2v) is 7.36. The van der Waals surface area contributed by atoms with E-state index in [0.29, 0.717) is 6.61 Å². The number of hydrogen-bond donors (Lipinski definition) is 1. The topological polar surface area (TPSA) is 33.6 Å². The van der Waals surface area contributed by atoms with E-state index in [1.807, 2.05) is 38.3 Å². The van der Waals surface area contributed by atoms with Gasteiger partial charge in [-0.25, -0.2) is 0 Å². The summed E-state index contributed by atoms with van der Waals surface area (Å²) in [5.41, 5.74) is 10.2.